The molecule has 0 radical (unpaired) electrons. The summed E-state index contributed by atoms with van der Waals surface area (Å²) in [6.45, 7) is 3.05. The fourth-order valence-corrected chi connectivity index (χ4v) is 3.77. The van der Waals surface area contributed by atoms with Crippen LogP contribution in [0.2, 0.25) is 0 Å². The minimum Gasteiger partial charge on any atom is -0.383 e. The van der Waals surface area contributed by atoms with Gasteiger partial charge in [-0.05, 0) is 25.8 Å². The molecule has 6 nitrogen and oxygen atoms in total. The maximum Gasteiger partial charge on any atom is 0.282 e. The minimum absolute atomic E-state index is 0.398. The number of ether oxygens (including phenoxy) is 1. The highest BCUT2D eigenvalue weighted by molar-refractivity contribution is 7.86. The second-order valence-electron chi connectivity index (χ2n) is 4.50. The third-order valence-electron chi connectivity index (χ3n) is 3.12. The fourth-order valence-electron chi connectivity index (χ4n) is 2.06. The van der Waals surface area contributed by atoms with Crippen molar-refractivity contribution in [2.24, 2.45) is 5.73 Å². The monoisotopic (exact) mass is 279 g/mol. The number of nitrogens with two attached hydrogens (primary N) is 1. The molecule has 0 aromatic carbocycles. The van der Waals surface area contributed by atoms with Crippen molar-refractivity contribution >= 4 is 10.2 Å². The molecular formula is C11H25N3O3S. The zero-order valence-electron chi connectivity index (χ0n) is 11.2. The van der Waals surface area contributed by atoms with Crippen LogP contribution >= 0.6 is 0 Å². The Kier molecular flexibility index (Phi) is 7.10. The van der Waals surface area contributed by atoms with Gasteiger partial charge in [0, 0.05) is 33.3 Å². The van der Waals surface area contributed by atoms with Crippen LogP contribution in [0.3, 0.4) is 0 Å². The normalized spacial score (nSPS) is 18.4. The van der Waals surface area contributed by atoms with Crippen LogP contribution in [0.15, 0.2) is 0 Å². The van der Waals surface area contributed by atoms with Crippen molar-refractivity contribution in [2.75, 3.05) is 46.4 Å². The molecule has 0 aromatic heterocycles. The summed E-state index contributed by atoms with van der Waals surface area (Å²) in [6, 6.07) is 0. The standard InChI is InChI=1S/C11H25N3O3S/c1-17-11-10-14(9-5-6-12)18(15,16)13-7-3-2-4-8-13/h2-12H2,1H3. The molecule has 18 heavy (non-hydrogen) atoms. The molecule has 0 spiro atoms. The smallest absolute Gasteiger partial charge is 0.282 e. The van der Waals surface area contributed by atoms with Crippen LogP contribution in [0, 0.1) is 0 Å². The predicted molar refractivity (Wildman–Crippen MR) is 71.5 cm³/mol. The topological polar surface area (TPSA) is 75.9 Å². The molecule has 7 heteroatoms. The Morgan fingerprint density at radius 2 is 1.89 bits per heavy atom. The van der Waals surface area contributed by atoms with Crippen LogP contribution in [0.1, 0.15) is 25.7 Å². The first-order valence-corrected chi connectivity index (χ1v) is 7.97. The molecule has 1 fully saturated rings. The molecule has 1 saturated heterocycles. The van der Waals surface area contributed by atoms with E-state index in [-0.39, 0.29) is 0 Å². The summed E-state index contributed by atoms with van der Waals surface area (Å²) in [7, 11) is -1.76. The van der Waals surface area contributed by atoms with E-state index in [9.17, 15) is 8.42 Å². The first-order valence-electron chi connectivity index (χ1n) is 6.57. The van der Waals surface area contributed by atoms with Crippen molar-refractivity contribution in [3.8, 4) is 0 Å². The van der Waals surface area contributed by atoms with Gasteiger partial charge in [-0.2, -0.15) is 17.0 Å². The van der Waals surface area contributed by atoms with E-state index >= 15 is 0 Å². The molecule has 108 valence electrons. The highest BCUT2D eigenvalue weighted by atomic mass is 32.2. The zero-order chi connectivity index (χ0) is 13.4. The van der Waals surface area contributed by atoms with Gasteiger partial charge in [0.25, 0.3) is 10.2 Å². The van der Waals surface area contributed by atoms with E-state index in [2.05, 4.69) is 0 Å². The third-order valence-corrected chi connectivity index (χ3v) is 5.16. The number of nitrogens with zero attached hydrogens (tertiary/aromatic N) is 2. The van der Waals surface area contributed by atoms with Crippen LogP contribution in [0.25, 0.3) is 0 Å². The molecule has 0 aromatic rings. The highest BCUT2D eigenvalue weighted by Gasteiger charge is 2.29. The van der Waals surface area contributed by atoms with E-state index in [1.807, 2.05) is 0 Å². The Morgan fingerprint density at radius 1 is 1.22 bits per heavy atom. The summed E-state index contributed by atoms with van der Waals surface area (Å²) >= 11 is 0. The Bertz CT molecular complexity index is 307. The van der Waals surface area contributed by atoms with Gasteiger partial charge in [-0.1, -0.05) is 6.42 Å². The van der Waals surface area contributed by atoms with Crippen LogP contribution in [0.4, 0.5) is 0 Å². The number of hydrogen-bond donors (Lipinski definition) is 1. The first-order chi connectivity index (χ1) is 8.62. The molecule has 1 rings (SSSR count). The van der Waals surface area contributed by atoms with Crippen LogP contribution in [-0.2, 0) is 14.9 Å². The van der Waals surface area contributed by atoms with Crippen molar-refractivity contribution in [1.82, 2.24) is 8.61 Å². The lowest BCUT2D eigenvalue weighted by molar-refractivity contribution is 0.174. The van der Waals surface area contributed by atoms with Gasteiger partial charge in [0.15, 0.2) is 0 Å². The van der Waals surface area contributed by atoms with Crippen molar-refractivity contribution in [3.63, 3.8) is 0 Å². The highest BCUT2D eigenvalue weighted by Crippen LogP contribution is 2.16. The van der Waals surface area contributed by atoms with Crippen molar-refractivity contribution in [2.45, 2.75) is 25.7 Å². The molecule has 1 aliphatic heterocycles. The number of rotatable bonds is 8. The number of methoxy groups -OCH3 is 1. The van der Waals surface area contributed by atoms with E-state index in [1.165, 1.54) is 4.31 Å². The van der Waals surface area contributed by atoms with Crippen LogP contribution < -0.4 is 5.73 Å². The molecule has 0 saturated carbocycles. The molecular weight excluding hydrogens is 254 g/mol. The van der Waals surface area contributed by atoms with Gasteiger partial charge in [0.05, 0.1) is 6.61 Å². The van der Waals surface area contributed by atoms with E-state index in [4.69, 9.17) is 10.5 Å². The Labute approximate surface area is 110 Å². The van der Waals surface area contributed by atoms with Gasteiger partial charge >= 0.3 is 0 Å². The van der Waals surface area contributed by atoms with Gasteiger partial charge in [0.2, 0.25) is 0 Å². The van der Waals surface area contributed by atoms with E-state index in [0.29, 0.717) is 45.8 Å². The summed E-state index contributed by atoms with van der Waals surface area (Å²) in [5.74, 6) is 0. The molecule has 1 heterocycles. The molecule has 0 atom stereocenters. The molecule has 1 aliphatic rings. The molecule has 2 N–H and O–H groups in total. The van der Waals surface area contributed by atoms with Gasteiger partial charge in [-0.3, -0.25) is 0 Å². The van der Waals surface area contributed by atoms with Crippen molar-refractivity contribution in [1.29, 1.82) is 0 Å². The SMILES string of the molecule is COCCN(CCCN)S(=O)(=O)N1CCCCC1. The predicted octanol–water partition coefficient (Wildman–Crippen LogP) is 0.0143. The first kappa shape index (κ1) is 15.8. The summed E-state index contributed by atoms with van der Waals surface area (Å²) in [5.41, 5.74) is 5.46. The summed E-state index contributed by atoms with van der Waals surface area (Å²) in [5, 5.41) is 0. The molecule has 0 bridgehead atoms. The van der Waals surface area contributed by atoms with Gasteiger partial charge in [-0.25, -0.2) is 0 Å². The maximum absolute atomic E-state index is 12.5. The van der Waals surface area contributed by atoms with Gasteiger partial charge in [0.1, 0.15) is 0 Å². The van der Waals surface area contributed by atoms with Crippen LogP contribution in [0.5, 0.6) is 0 Å². The fraction of sp³-hybridized carbons (Fsp3) is 1.00. The second kappa shape index (κ2) is 8.06. The molecule has 0 amide bonds. The minimum atomic E-state index is -3.34. The quantitative estimate of drug-likeness (QED) is 0.679. The third kappa shape index (κ3) is 4.47. The summed E-state index contributed by atoms with van der Waals surface area (Å²) in [4.78, 5) is 0. The lowest BCUT2D eigenvalue weighted by Crippen LogP contribution is -2.47. The Morgan fingerprint density at radius 3 is 2.44 bits per heavy atom. The summed E-state index contributed by atoms with van der Waals surface area (Å²) < 4.78 is 33.0. The largest absolute Gasteiger partial charge is 0.383 e. The average Bonchev–Trinajstić information content (AvgIpc) is 2.39. The second-order valence-corrected chi connectivity index (χ2v) is 6.43. The molecule has 0 unspecified atom stereocenters. The maximum atomic E-state index is 12.5. The Hall–Kier alpha value is -0.210. The van der Waals surface area contributed by atoms with E-state index in [0.717, 1.165) is 19.3 Å². The van der Waals surface area contributed by atoms with E-state index in [1.54, 1.807) is 11.4 Å². The lowest BCUT2D eigenvalue weighted by Gasteiger charge is -2.32. The van der Waals surface area contributed by atoms with Crippen molar-refractivity contribution < 1.29 is 13.2 Å². The van der Waals surface area contributed by atoms with E-state index < -0.39 is 10.2 Å². The average molecular weight is 279 g/mol. The zero-order valence-corrected chi connectivity index (χ0v) is 12.0. The lowest BCUT2D eigenvalue weighted by atomic mass is 10.2. The van der Waals surface area contributed by atoms with Gasteiger partial charge < -0.3 is 10.5 Å². The number of piperidine rings is 1. The van der Waals surface area contributed by atoms with Crippen molar-refractivity contribution in [3.05, 3.63) is 0 Å². The Balaban J connectivity index is 2.66. The number of hydrogen-bond acceptors (Lipinski definition) is 4. The van der Waals surface area contributed by atoms with Gasteiger partial charge in [-0.15, -0.1) is 0 Å². The summed E-state index contributed by atoms with van der Waals surface area (Å²) in [6.07, 6.45) is 3.70. The molecule has 0 aliphatic carbocycles. The van der Waals surface area contributed by atoms with Crippen LogP contribution in [-0.4, -0.2) is 63.5 Å².